The lowest BCUT2D eigenvalue weighted by molar-refractivity contribution is -0.274. The molecule has 3 heterocycles. The van der Waals surface area contributed by atoms with E-state index in [1.54, 1.807) is 12.2 Å². The van der Waals surface area contributed by atoms with Crippen molar-refractivity contribution in [2.45, 2.75) is 45.2 Å². The van der Waals surface area contributed by atoms with Gasteiger partial charge in [0.1, 0.15) is 30.1 Å². The van der Waals surface area contributed by atoms with Crippen molar-refractivity contribution in [3.8, 4) is 11.5 Å². The lowest BCUT2D eigenvalue weighted by Crippen LogP contribution is -2.38. The Hall–Kier alpha value is -4.16. The van der Waals surface area contributed by atoms with Gasteiger partial charge in [-0.3, -0.25) is 4.90 Å². The first-order valence-electron chi connectivity index (χ1n) is 14.3. The third-order valence-electron chi connectivity index (χ3n) is 6.99. The summed E-state index contributed by atoms with van der Waals surface area (Å²) in [5, 5.41) is 8.39. The smallest absolute Gasteiger partial charge is 0.487 e. The van der Waals surface area contributed by atoms with Gasteiger partial charge in [0.15, 0.2) is 0 Å². The highest BCUT2D eigenvalue weighted by Crippen LogP contribution is 2.23. The van der Waals surface area contributed by atoms with Crippen LogP contribution in [0.5, 0.6) is 11.5 Å². The van der Waals surface area contributed by atoms with Crippen molar-refractivity contribution in [1.29, 1.82) is 0 Å². The molecular weight excluding hydrogens is 563 g/mol. The standard InChI is InChI=1S/C31H34F3N5O4/c32-31(33,34)43-29-12-7-25(8-13-29)9-14-30-36-26(23-42-30)22-41-28-10-5-24(6-11-28)3-1-2-4-27-21-35-37-39(27)16-15-38-17-19-40-20-18-38/h5-14,21,23H,1-4,15-20,22H2/b14-9+. The number of hydrogen-bond acceptors (Lipinski definition) is 8. The fourth-order valence-corrected chi connectivity index (χ4v) is 4.68. The number of unbranched alkanes of at least 4 members (excludes halogenated alkanes) is 1. The Morgan fingerprint density at radius 2 is 1.63 bits per heavy atom. The van der Waals surface area contributed by atoms with Crippen molar-refractivity contribution < 1.29 is 31.8 Å². The van der Waals surface area contributed by atoms with E-state index in [4.69, 9.17) is 13.9 Å². The molecule has 0 saturated carbocycles. The zero-order chi connectivity index (χ0) is 29.9. The summed E-state index contributed by atoms with van der Waals surface area (Å²) in [6.07, 6.45) is 6.04. The molecule has 1 fully saturated rings. The summed E-state index contributed by atoms with van der Waals surface area (Å²) >= 11 is 0. The van der Waals surface area contributed by atoms with E-state index in [0.717, 1.165) is 70.8 Å². The summed E-state index contributed by atoms with van der Waals surface area (Å²) in [4.78, 5) is 6.77. The van der Waals surface area contributed by atoms with Crippen LogP contribution in [0.15, 0.2) is 65.4 Å². The first-order valence-corrected chi connectivity index (χ1v) is 14.3. The molecule has 1 aliphatic heterocycles. The number of aromatic nitrogens is 4. The third kappa shape index (κ3) is 9.97. The Bertz CT molecular complexity index is 1430. The van der Waals surface area contributed by atoms with E-state index in [1.165, 1.54) is 41.8 Å². The fraction of sp³-hybridized carbons (Fsp3) is 0.387. The van der Waals surface area contributed by atoms with Gasteiger partial charge < -0.3 is 18.6 Å². The van der Waals surface area contributed by atoms with E-state index < -0.39 is 6.36 Å². The topological polar surface area (TPSA) is 87.7 Å². The van der Waals surface area contributed by atoms with Crippen LogP contribution >= 0.6 is 0 Å². The number of ether oxygens (including phenoxy) is 3. The average molecular weight is 598 g/mol. The summed E-state index contributed by atoms with van der Waals surface area (Å²) in [6, 6.07) is 13.6. The maximum absolute atomic E-state index is 12.3. The van der Waals surface area contributed by atoms with Crippen molar-refractivity contribution in [2.75, 3.05) is 32.8 Å². The fourth-order valence-electron chi connectivity index (χ4n) is 4.68. The highest BCUT2D eigenvalue weighted by atomic mass is 19.4. The number of halogens is 3. The molecule has 0 amide bonds. The molecule has 0 bridgehead atoms. The highest BCUT2D eigenvalue weighted by molar-refractivity contribution is 5.66. The van der Waals surface area contributed by atoms with E-state index in [0.29, 0.717) is 17.1 Å². The molecule has 0 aliphatic carbocycles. The first kappa shape index (κ1) is 30.3. The normalized spacial score (nSPS) is 14.4. The molecule has 1 saturated heterocycles. The van der Waals surface area contributed by atoms with Gasteiger partial charge in [-0.1, -0.05) is 29.5 Å². The zero-order valence-corrected chi connectivity index (χ0v) is 23.7. The molecule has 0 radical (unpaired) electrons. The Kier molecular flexibility index (Phi) is 10.5. The summed E-state index contributed by atoms with van der Waals surface area (Å²) in [7, 11) is 0. The van der Waals surface area contributed by atoms with Crippen LogP contribution in [0.2, 0.25) is 0 Å². The lowest BCUT2D eigenvalue weighted by atomic mass is 10.1. The average Bonchev–Trinajstić information content (AvgIpc) is 3.66. The number of aryl methyl sites for hydroxylation is 2. The molecule has 12 heteroatoms. The van der Waals surface area contributed by atoms with E-state index in [-0.39, 0.29) is 12.4 Å². The van der Waals surface area contributed by atoms with Crippen molar-refractivity contribution in [3.05, 3.63) is 89.4 Å². The van der Waals surface area contributed by atoms with Gasteiger partial charge in [0.25, 0.3) is 0 Å². The Labute approximate surface area is 247 Å². The van der Waals surface area contributed by atoms with Crippen LogP contribution in [0, 0.1) is 0 Å². The van der Waals surface area contributed by atoms with Crippen molar-refractivity contribution in [2.24, 2.45) is 0 Å². The van der Waals surface area contributed by atoms with E-state index in [9.17, 15) is 13.2 Å². The predicted octanol–water partition coefficient (Wildman–Crippen LogP) is 5.81. The lowest BCUT2D eigenvalue weighted by Gasteiger charge is -2.26. The summed E-state index contributed by atoms with van der Waals surface area (Å²) in [5.74, 6) is 0.821. The molecule has 5 rings (SSSR count). The molecule has 43 heavy (non-hydrogen) atoms. The van der Waals surface area contributed by atoms with E-state index >= 15 is 0 Å². The number of hydrogen-bond donors (Lipinski definition) is 0. The Morgan fingerprint density at radius 1 is 0.884 bits per heavy atom. The molecule has 1 aliphatic rings. The summed E-state index contributed by atoms with van der Waals surface area (Å²) < 4.78 is 59.5. The molecule has 2 aromatic heterocycles. The van der Waals surface area contributed by atoms with E-state index in [2.05, 4.69) is 37.1 Å². The van der Waals surface area contributed by atoms with Gasteiger partial charge >= 0.3 is 6.36 Å². The SMILES string of the molecule is FC(F)(F)Oc1ccc(/C=C/c2nc(COc3ccc(CCCCc4cnnn4CCN4CCOCC4)cc3)co2)cc1. The number of morpholine rings is 1. The molecule has 4 aromatic rings. The van der Waals surface area contributed by atoms with Crippen LogP contribution < -0.4 is 9.47 Å². The molecule has 0 spiro atoms. The van der Waals surface area contributed by atoms with Gasteiger partial charge in [0.05, 0.1) is 31.6 Å². The maximum atomic E-state index is 12.3. The second kappa shape index (κ2) is 14.8. The number of oxazole rings is 1. The van der Waals surface area contributed by atoms with Gasteiger partial charge in [-0.25, -0.2) is 9.67 Å². The summed E-state index contributed by atoms with van der Waals surface area (Å²) in [5.41, 5.74) is 3.72. The van der Waals surface area contributed by atoms with Gasteiger partial charge in [0, 0.05) is 25.7 Å². The number of benzene rings is 2. The van der Waals surface area contributed by atoms with Crippen LogP contribution in [-0.2, 0) is 30.7 Å². The minimum atomic E-state index is -4.72. The molecule has 0 N–H and O–H groups in total. The first-order chi connectivity index (χ1) is 20.9. The van der Waals surface area contributed by atoms with Crippen molar-refractivity contribution >= 4 is 12.2 Å². The maximum Gasteiger partial charge on any atom is 0.573 e. The van der Waals surface area contributed by atoms with Crippen LogP contribution in [-0.4, -0.2) is 64.1 Å². The molecule has 2 aromatic carbocycles. The van der Waals surface area contributed by atoms with Crippen molar-refractivity contribution in [3.63, 3.8) is 0 Å². The molecule has 0 atom stereocenters. The van der Waals surface area contributed by atoms with E-state index in [1.807, 2.05) is 23.0 Å². The van der Waals surface area contributed by atoms with Crippen LogP contribution in [0.25, 0.3) is 12.2 Å². The minimum absolute atomic E-state index is 0.243. The van der Waals surface area contributed by atoms with Gasteiger partial charge in [0.2, 0.25) is 5.89 Å². The highest BCUT2D eigenvalue weighted by Gasteiger charge is 2.30. The molecule has 9 nitrogen and oxygen atoms in total. The van der Waals surface area contributed by atoms with Crippen molar-refractivity contribution in [1.82, 2.24) is 24.9 Å². The summed E-state index contributed by atoms with van der Waals surface area (Å²) in [6.45, 7) is 5.61. The third-order valence-corrected chi connectivity index (χ3v) is 6.99. The van der Waals surface area contributed by atoms with Gasteiger partial charge in [-0.05, 0) is 67.2 Å². The number of nitrogens with zero attached hydrogens (tertiary/aromatic N) is 5. The second-order valence-corrected chi connectivity index (χ2v) is 10.2. The van der Waals surface area contributed by atoms with Gasteiger partial charge in [-0.15, -0.1) is 18.3 Å². The Morgan fingerprint density at radius 3 is 2.40 bits per heavy atom. The monoisotopic (exact) mass is 597 g/mol. The zero-order valence-electron chi connectivity index (χ0n) is 23.7. The molecule has 0 unspecified atom stereocenters. The quantitative estimate of drug-likeness (QED) is 0.168. The largest absolute Gasteiger partial charge is 0.573 e. The predicted molar refractivity (Wildman–Crippen MR) is 153 cm³/mol. The number of alkyl halides is 3. The van der Waals surface area contributed by atoms with Crippen LogP contribution in [0.3, 0.4) is 0 Å². The second-order valence-electron chi connectivity index (χ2n) is 10.2. The molecular formula is C31H34F3N5O4. The Balaban J connectivity index is 0.999. The van der Waals surface area contributed by atoms with Gasteiger partial charge in [-0.2, -0.15) is 0 Å². The number of rotatable bonds is 14. The molecule has 228 valence electrons. The minimum Gasteiger partial charge on any atom is -0.487 e. The van der Waals surface area contributed by atoms with Crippen LogP contribution in [0.1, 0.15) is 41.2 Å². The van der Waals surface area contributed by atoms with Crippen LogP contribution in [0.4, 0.5) is 13.2 Å².